The number of benzene rings is 3. The zero-order chi connectivity index (χ0) is 33.6. The Balaban J connectivity index is 1.26. The zero-order valence-electron chi connectivity index (χ0n) is 26.8. The molecule has 5 rings (SSSR count). The quantitative estimate of drug-likeness (QED) is 0.132. The number of para-hydroxylation sites is 1. The van der Waals surface area contributed by atoms with Crippen molar-refractivity contribution in [1.82, 2.24) is 15.3 Å². The molecule has 0 aliphatic rings. The number of ketones is 1. The van der Waals surface area contributed by atoms with Crippen molar-refractivity contribution >= 4 is 29.0 Å². The molecule has 2 atom stereocenters. The fourth-order valence-electron chi connectivity index (χ4n) is 4.91. The fraction of sp³-hybridized carbons (Fsp3) is 0.237. The lowest BCUT2D eigenvalue weighted by Gasteiger charge is -2.18. The molecule has 0 fully saturated rings. The average Bonchev–Trinajstić information content (AvgIpc) is 3.58. The first-order valence-electron chi connectivity index (χ1n) is 15.4. The van der Waals surface area contributed by atoms with Gasteiger partial charge in [0, 0.05) is 40.7 Å². The van der Waals surface area contributed by atoms with Crippen LogP contribution in [0.15, 0.2) is 103 Å². The van der Waals surface area contributed by atoms with E-state index in [-0.39, 0.29) is 24.0 Å². The third-order valence-electron chi connectivity index (χ3n) is 7.66. The molecule has 0 saturated carbocycles. The summed E-state index contributed by atoms with van der Waals surface area (Å²) in [6.45, 7) is 7.66. The van der Waals surface area contributed by atoms with Gasteiger partial charge in [0.25, 0.3) is 0 Å². The molecule has 0 bridgehead atoms. The highest BCUT2D eigenvalue weighted by atomic mass is 32.1. The summed E-state index contributed by atoms with van der Waals surface area (Å²) in [6.07, 6.45) is 3.78. The number of thiophene rings is 1. The van der Waals surface area contributed by atoms with Crippen molar-refractivity contribution in [3.63, 3.8) is 0 Å². The van der Waals surface area contributed by atoms with Crippen molar-refractivity contribution in [1.29, 1.82) is 0 Å². The third-order valence-corrected chi connectivity index (χ3v) is 9.22. The molecule has 0 unspecified atom stereocenters. The first-order chi connectivity index (χ1) is 22.5. The number of carboxylic acid groups (broad SMARTS) is 1. The highest BCUT2D eigenvalue weighted by Crippen LogP contribution is 2.31. The van der Waals surface area contributed by atoms with Crippen LogP contribution >= 0.6 is 11.3 Å². The van der Waals surface area contributed by atoms with Gasteiger partial charge in [0.1, 0.15) is 17.5 Å². The maximum absolute atomic E-state index is 13.3. The number of nitrogens with zero attached hydrogens (tertiary/aromatic N) is 2. The van der Waals surface area contributed by atoms with Crippen LogP contribution in [-0.4, -0.2) is 38.8 Å². The van der Waals surface area contributed by atoms with Crippen LogP contribution in [0.3, 0.4) is 0 Å². The molecule has 1 amide bonds. The molecule has 0 radical (unpaired) electrons. The molecule has 2 aromatic heterocycles. The fourth-order valence-corrected chi connectivity index (χ4v) is 5.92. The Kier molecular flexibility index (Phi) is 10.3. The summed E-state index contributed by atoms with van der Waals surface area (Å²) in [6, 6.07) is 27.5. The molecular formula is C38H37N3O5S. The van der Waals surface area contributed by atoms with Gasteiger partial charge in [0.2, 0.25) is 5.91 Å². The maximum atomic E-state index is 13.3. The average molecular weight is 648 g/mol. The Labute approximate surface area is 278 Å². The zero-order valence-corrected chi connectivity index (χ0v) is 27.6. The van der Waals surface area contributed by atoms with Gasteiger partial charge in [-0.15, -0.1) is 11.3 Å². The van der Waals surface area contributed by atoms with Crippen LogP contribution in [0, 0.1) is 5.92 Å². The molecule has 3 aromatic carbocycles. The van der Waals surface area contributed by atoms with Crippen molar-refractivity contribution in [2.24, 2.45) is 5.92 Å². The number of nitrogens with one attached hydrogen (secondary N) is 1. The van der Waals surface area contributed by atoms with E-state index >= 15 is 0 Å². The Morgan fingerprint density at radius 3 is 2.02 bits per heavy atom. The van der Waals surface area contributed by atoms with Crippen LogP contribution in [0.25, 0.3) is 22.5 Å². The lowest BCUT2D eigenvalue weighted by atomic mass is 9.92. The van der Waals surface area contributed by atoms with Crippen LogP contribution in [0.5, 0.6) is 11.5 Å². The number of rotatable bonds is 12. The van der Waals surface area contributed by atoms with Gasteiger partial charge in [-0.2, -0.15) is 0 Å². The van der Waals surface area contributed by atoms with Gasteiger partial charge in [-0.3, -0.25) is 14.4 Å². The Morgan fingerprint density at radius 1 is 0.809 bits per heavy atom. The molecule has 0 aliphatic heterocycles. The minimum absolute atomic E-state index is 0.0338. The number of carboxylic acids is 1. The number of aromatic nitrogens is 2. The first kappa shape index (κ1) is 33.2. The Hall–Kier alpha value is -5.15. The largest absolute Gasteiger partial charge is 0.480 e. The summed E-state index contributed by atoms with van der Waals surface area (Å²) < 4.78 is 5.88. The first-order valence-corrected chi connectivity index (χ1v) is 16.2. The molecular weight excluding hydrogens is 611 g/mol. The van der Waals surface area contributed by atoms with E-state index in [1.54, 1.807) is 18.5 Å². The normalized spacial score (nSPS) is 12.6. The lowest BCUT2D eigenvalue weighted by molar-refractivity contribution is -0.141. The topological polar surface area (TPSA) is 118 Å². The lowest BCUT2D eigenvalue weighted by Crippen LogP contribution is -2.42. The minimum Gasteiger partial charge on any atom is -0.480 e. The molecule has 5 aromatic rings. The van der Waals surface area contributed by atoms with Crippen molar-refractivity contribution < 1.29 is 24.2 Å². The van der Waals surface area contributed by atoms with Gasteiger partial charge in [-0.1, -0.05) is 75.4 Å². The minimum atomic E-state index is -1.14. The monoisotopic (exact) mass is 647 g/mol. The van der Waals surface area contributed by atoms with E-state index in [2.05, 4.69) is 36.1 Å². The van der Waals surface area contributed by atoms with Crippen LogP contribution in [-0.2, 0) is 21.4 Å². The van der Waals surface area contributed by atoms with Crippen molar-refractivity contribution in [3.8, 4) is 34.0 Å². The summed E-state index contributed by atoms with van der Waals surface area (Å²) in [5.41, 5.74) is 3.37. The van der Waals surface area contributed by atoms with Crippen molar-refractivity contribution in [3.05, 3.63) is 119 Å². The number of carbonyl (C=O) groups excluding carboxylic acids is 2. The van der Waals surface area contributed by atoms with Crippen LogP contribution in [0.2, 0.25) is 0 Å². The smallest absolute Gasteiger partial charge is 0.325 e. The Morgan fingerprint density at radius 2 is 1.43 bits per heavy atom. The summed E-state index contributed by atoms with van der Waals surface area (Å²) in [4.78, 5) is 48.7. The maximum Gasteiger partial charge on any atom is 0.325 e. The molecule has 0 aliphatic carbocycles. The second-order valence-corrected chi connectivity index (χ2v) is 13.5. The number of carbonyl (C=O) groups is 3. The van der Waals surface area contributed by atoms with E-state index in [9.17, 15) is 19.5 Å². The van der Waals surface area contributed by atoms with Crippen LogP contribution in [0.4, 0.5) is 0 Å². The second-order valence-electron chi connectivity index (χ2n) is 12.4. The summed E-state index contributed by atoms with van der Waals surface area (Å²) >= 11 is 1.43. The van der Waals surface area contributed by atoms with Gasteiger partial charge < -0.3 is 15.2 Å². The van der Waals surface area contributed by atoms with E-state index < -0.39 is 23.8 Å². The molecule has 47 heavy (non-hydrogen) atoms. The number of aliphatic carboxylic acids is 1. The number of ether oxygens (including phenoxy) is 1. The van der Waals surface area contributed by atoms with Crippen LogP contribution in [0.1, 0.15) is 54.2 Å². The number of hydrogen-bond donors (Lipinski definition) is 2. The van der Waals surface area contributed by atoms with E-state index in [1.807, 2.05) is 84.9 Å². The molecule has 240 valence electrons. The van der Waals surface area contributed by atoms with Gasteiger partial charge >= 0.3 is 5.97 Å². The Bertz CT molecular complexity index is 1830. The molecule has 2 N–H and O–H groups in total. The van der Waals surface area contributed by atoms with Crippen molar-refractivity contribution in [2.75, 3.05) is 0 Å². The molecule has 0 saturated heterocycles. The van der Waals surface area contributed by atoms with Crippen LogP contribution < -0.4 is 10.1 Å². The molecule has 9 heteroatoms. The summed E-state index contributed by atoms with van der Waals surface area (Å²) in [5.74, 6) is -0.431. The standard InChI is InChI=1S/C38H37N3O5S/c1-24(37(44)45)41-36(43)28(21-32(42)33-18-19-34(47-33)38(2,3)4)20-25-10-12-27(13-11-25)35-39-22-29(23-40-35)26-14-16-31(17-15-26)46-30-8-6-5-7-9-30/h5-19,22-24,28H,20-21H2,1-4H3,(H,41,43)(H,44,45)/t24-,28-/m1/s1. The van der Waals surface area contributed by atoms with E-state index in [0.717, 1.165) is 38.6 Å². The predicted molar refractivity (Wildman–Crippen MR) is 184 cm³/mol. The predicted octanol–water partition coefficient (Wildman–Crippen LogP) is 7.98. The molecule has 2 heterocycles. The van der Waals surface area contributed by atoms with Gasteiger partial charge in [0.15, 0.2) is 11.6 Å². The summed E-state index contributed by atoms with van der Waals surface area (Å²) in [5, 5.41) is 11.9. The molecule has 8 nitrogen and oxygen atoms in total. The molecule has 0 spiro atoms. The third kappa shape index (κ3) is 8.77. The van der Waals surface area contributed by atoms with E-state index in [0.29, 0.717) is 10.7 Å². The van der Waals surface area contributed by atoms with E-state index in [4.69, 9.17) is 4.74 Å². The van der Waals surface area contributed by atoms with Gasteiger partial charge in [-0.25, -0.2) is 9.97 Å². The van der Waals surface area contributed by atoms with Gasteiger partial charge in [0.05, 0.1) is 4.88 Å². The second kappa shape index (κ2) is 14.5. The number of Topliss-reactive ketones (excluding diaryl/α,β-unsaturated/α-hetero) is 1. The van der Waals surface area contributed by atoms with Crippen molar-refractivity contribution in [2.45, 2.75) is 52.0 Å². The number of hydrogen-bond acceptors (Lipinski definition) is 7. The summed E-state index contributed by atoms with van der Waals surface area (Å²) in [7, 11) is 0. The van der Waals surface area contributed by atoms with Gasteiger partial charge in [-0.05, 0) is 66.3 Å². The number of amides is 1. The highest BCUT2D eigenvalue weighted by molar-refractivity contribution is 7.14. The van der Waals surface area contributed by atoms with E-state index in [1.165, 1.54) is 18.3 Å². The highest BCUT2D eigenvalue weighted by Gasteiger charge is 2.27. The SMILES string of the molecule is C[C@@H](NC(=O)[C@@H](CC(=O)c1ccc(C(C)(C)C)s1)Cc1ccc(-c2ncc(-c3ccc(Oc4ccccc4)cc3)cn2)cc1)C(=O)O.